The molecule has 1 fully saturated rings. The number of nitrogens with zero attached hydrogens (tertiary/aromatic N) is 2. The van der Waals surface area contributed by atoms with Gasteiger partial charge in [-0.3, -0.25) is 0 Å². The van der Waals surface area contributed by atoms with Crippen LogP contribution in [0.15, 0.2) is 4.99 Å². The van der Waals surface area contributed by atoms with Crippen LogP contribution in [-0.2, 0) is 19.5 Å². The van der Waals surface area contributed by atoms with E-state index < -0.39 is 0 Å². The Hall–Kier alpha value is -0.107. The first-order chi connectivity index (χ1) is 3.93. The molecular formula is C5H10N3Rh-. The fraction of sp³-hybridized carbons (Fsp3) is 0.800. The zero-order chi connectivity index (χ0) is 5.82. The van der Waals surface area contributed by atoms with Crippen molar-refractivity contribution in [2.45, 2.75) is 6.42 Å². The first-order valence-electron chi connectivity index (χ1n) is 2.81. The molecule has 0 aromatic carbocycles. The van der Waals surface area contributed by atoms with E-state index in [1.54, 1.807) is 7.05 Å². The zero-order valence-electron chi connectivity index (χ0n) is 5.35. The molecule has 4 heteroatoms. The van der Waals surface area contributed by atoms with Crippen LogP contribution in [0, 0.1) is 0 Å². The molecule has 0 aromatic rings. The van der Waals surface area contributed by atoms with E-state index in [0.717, 1.165) is 25.5 Å². The third kappa shape index (κ3) is 2.80. The molecule has 55 valence electrons. The molecule has 0 bridgehead atoms. The SMILES string of the molecule is CN=C1[N-]CCCN1.[Rh]. The first-order valence-corrected chi connectivity index (χ1v) is 2.81. The second-order valence-corrected chi connectivity index (χ2v) is 1.71. The van der Waals surface area contributed by atoms with Crippen LogP contribution in [0.1, 0.15) is 6.42 Å². The van der Waals surface area contributed by atoms with Gasteiger partial charge in [0.1, 0.15) is 0 Å². The Balaban J connectivity index is 0.000000640. The van der Waals surface area contributed by atoms with Crippen molar-refractivity contribution >= 4 is 5.96 Å². The van der Waals surface area contributed by atoms with E-state index in [1.807, 2.05) is 0 Å². The molecule has 0 unspecified atom stereocenters. The summed E-state index contributed by atoms with van der Waals surface area (Å²) >= 11 is 0. The van der Waals surface area contributed by atoms with Gasteiger partial charge in [0.2, 0.25) is 0 Å². The molecule has 3 nitrogen and oxygen atoms in total. The van der Waals surface area contributed by atoms with Crippen LogP contribution in [0.25, 0.3) is 5.32 Å². The number of guanidine groups is 1. The van der Waals surface area contributed by atoms with E-state index in [9.17, 15) is 0 Å². The normalized spacial score (nSPS) is 21.7. The molecule has 0 aliphatic carbocycles. The van der Waals surface area contributed by atoms with Crippen LogP contribution in [0.4, 0.5) is 0 Å². The Morgan fingerprint density at radius 2 is 2.44 bits per heavy atom. The monoisotopic (exact) mass is 215 g/mol. The Bertz CT molecular complexity index is 94.4. The zero-order valence-corrected chi connectivity index (χ0v) is 6.99. The molecule has 1 radical (unpaired) electrons. The minimum Gasteiger partial charge on any atom is -0.440 e. The molecule has 0 atom stereocenters. The summed E-state index contributed by atoms with van der Waals surface area (Å²) in [5.41, 5.74) is 0. The molecule has 1 heterocycles. The van der Waals surface area contributed by atoms with Crippen molar-refractivity contribution in [1.29, 1.82) is 0 Å². The predicted octanol–water partition coefficient (Wildman–Crippen LogP) is 0.337. The predicted molar refractivity (Wildman–Crippen MR) is 34.2 cm³/mol. The Morgan fingerprint density at radius 1 is 1.67 bits per heavy atom. The van der Waals surface area contributed by atoms with Gasteiger partial charge in [-0.25, -0.2) is 0 Å². The van der Waals surface area contributed by atoms with Crippen LogP contribution in [0.3, 0.4) is 0 Å². The summed E-state index contributed by atoms with van der Waals surface area (Å²) in [6, 6.07) is 0. The molecule has 1 aliphatic rings. The smallest absolute Gasteiger partial charge is 0.00591 e. The van der Waals surface area contributed by atoms with Crippen LogP contribution >= 0.6 is 0 Å². The van der Waals surface area contributed by atoms with Gasteiger partial charge in [0.05, 0.1) is 0 Å². The summed E-state index contributed by atoms with van der Waals surface area (Å²) in [6.07, 6.45) is 1.14. The van der Waals surface area contributed by atoms with Gasteiger partial charge >= 0.3 is 0 Å². The molecule has 1 saturated heterocycles. The van der Waals surface area contributed by atoms with Crippen molar-refractivity contribution < 1.29 is 19.5 Å². The van der Waals surface area contributed by atoms with E-state index in [1.165, 1.54) is 0 Å². The number of hydrogen-bond donors (Lipinski definition) is 1. The van der Waals surface area contributed by atoms with Crippen molar-refractivity contribution in [3.63, 3.8) is 0 Å². The second kappa shape index (κ2) is 4.74. The third-order valence-electron chi connectivity index (χ3n) is 1.09. The van der Waals surface area contributed by atoms with Crippen molar-refractivity contribution in [2.24, 2.45) is 4.99 Å². The van der Waals surface area contributed by atoms with Crippen molar-refractivity contribution in [2.75, 3.05) is 20.1 Å². The van der Waals surface area contributed by atoms with Gasteiger partial charge in [-0.1, -0.05) is 0 Å². The van der Waals surface area contributed by atoms with Gasteiger partial charge in [-0.05, 0) is 26.6 Å². The van der Waals surface area contributed by atoms with Gasteiger partial charge in [0.15, 0.2) is 0 Å². The third-order valence-corrected chi connectivity index (χ3v) is 1.09. The number of hydrogen-bond acceptors (Lipinski definition) is 1. The summed E-state index contributed by atoms with van der Waals surface area (Å²) < 4.78 is 0. The first kappa shape index (κ1) is 8.89. The molecular weight excluding hydrogens is 205 g/mol. The Labute approximate surface area is 68.1 Å². The fourth-order valence-corrected chi connectivity index (χ4v) is 0.670. The van der Waals surface area contributed by atoms with Gasteiger partial charge in [0, 0.05) is 25.4 Å². The fourth-order valence-electron chi connectivity index (χ4n) is 0.670. The number of nitrogens with one attached hydrogen (secondary N) is 1. The van der Waals surface area contributed by atoms with Crippen molar-refractivity contribution in [3.8, 4) is 0 Å². The Morgan fingerprint density at radius 3 is 2.78 bits per heavy atom. The summed E-state index contributed by atoms with van der Waals surface area (Å²) in [7, 11) is 1.75. The molecule has 0 saturated carbocycles. The average molecular weight is 215 g/mol. The molecule has 1 aliphatic heterocycles. The maximum absolute atomic E-state index is 4.09. The maximum atomic E-state index is 4.09. The summed E-state index contributed by atoms with van der Waals surface area (Å²) in [5, 5.41) is 7.14. The quantitative estimate of drug-likeness (QED) is 0.581. The summed E-state index contributed by atoms with van der Waals surface area (Å²) in [5.74, 6) is 0.802. The van der Waals surface area contributed by atoms with E-state index in [4.69, 9.17) is 0 Å². The molecule has 1 N–H and O–H groups in total. The van der Waals surface area contributed by atoms with Gasteiger partial charge < -0.3 is 15.6 Å². The van der Waals surface area contributed by atoms with Crippen LogP contribution in [-0.4, -0.2) is 26.1 Å². The largest absolute Gasteiger partial charge is 0.440 e. The molecule has 0 amide bonds. The van der Waals surface area contributed by atoms with Crippen molar-refractivity contribution in [3.05, 3.63) is 5.32 Å². The van der Waals surface area contributed by atoms with E-state index in [0.29, 0.717) is 0 Å². The molecule has 0 spiro atoms. The van der Waals surface area contributed by atoms with Crippen LogP contribution in [0.2, 0.25) is 0 Å². The van der Waals surface area contributed by atoms with Crippen molar-refractivity contribution in [1.82, 2.24) is 5.32 Å². The van der Waals surface area contributed by atoms with E-state index in [2.05, 4.69) is 15.6 Å². The topological polar surface area (TPSA) is 38.5 Å². The average Bonchev–Trinajstić information content (AvgIpc) is 1.90. The summed E-state index contributed by atoms with van der Waals surface area (Å²) in [4.78, 5) is 3.89. The van der Waals surface area contributed by atoms with E-state index >= 15 is 0 Å². The van der Waals surface area contributed by atoms with Gasteiger partial charge in [-0.2, -0.15) is 0 Å². The number of rotatable bonds is 0. The van der Waals surface area contributed by atoms with Crippen LogP contribution < -0.4 is 5.32 Å². The molecule has 1 rings (SSSR count). The van der Waals surface area contributed by atoms with Crippen LogP contribution in [0.5, 0.6) is 0 Å². The minimum absolute atomic E-state index is 0. The standard InChI is InChI=1S/C5H10N3.Rh/c1-6-5-7-3-2-4-8-5;/h2-4H2,1H3,(H-,6,7,8);/q-1;. The Kier molecular flexibility index (Phi) is 4.69. The number of aliphatic imine (C=N–C) groups is 1. The molecule has 0 aromatic heterocycles. The van der Waals surface area contributed by atoms with Gasteiger partial charge in [0.25, 0.3) is 0 Å². The summed E-state index contributed by atoms with van der Waals surface area (Å²) in [6.45, 7) is 1.95. The molecule has 9 heavy (non-hydrogen) atoms. The second-order valence-electron chi connectivity index (χ2n) is 1.71. The van der Waals surface area contributed by atoms with E-state index in [-0.39, 0.29) is 19.5 Å². The minimum atomic E-state index is 0. The van der Waals surface area contributed by atoms with Gasteiger partial charge in [-0.15, -0.1) is 0 Å². The maximum Gasteiger partial charge on any atom is 0.00591 e.